The molecule has 8 heteroatoms. The first-order valence-corrected chi connectivity index (χ1v) is 11.5. The van der Waals surface area contributed by atoms with E-state index in [2.05, 4.69) is 22.5 Å². The van der Waals surface area contributed by atoms with Gasteiger partial charge >= 0.3 is 5.97 Å². The Labute approximate surface area is 192 Å². The van der Waals surface area contributed by atoms with Gasteiger partial charge in [-0.1, -0.05) is 65.0 Å². The summed E-state index contributed by atoms with van der Waals surface area (Å²) in [5, 5.41) is 12.2. The number of ether oxygens (including phenoxy) is 1. The number of halogens is 1. The van der Waals surface area contributed by atoms with E-state index in [9.17, 15) is 19.5 Å². The third-order valence-corrected chi connectivity index (χ3v) is 8.94. The average Bonchev–Trinajstić information content (AvgIpc) is 3.04. The number of carbonyl (C=O) groups excluding carboxylic acids is 3. The van der Waals surface area contributed by atoms with Crippen molar-refractivity contribution >= 4 is 56.1 Å². The molecular weight excluding hydrogens is 482 g/mol. The lowest BCUT2D eigenvalue weighted by Crippen LogP contribution is -2.75. The Kier molecular flexibility index (Phi) is 5.52. The van der Waals surface area contributed by atoms with Crippen molar-refractivity contribution in [1.82, 2.24) is 4.90 Å². The van der Waals surface area contributed by atoms with Crippen molar-refractivity contribution in [3.63, 3.8) is 0 Å². The van der Waals surface area contributed by atoms with Crippen LogP contribution in [-0.4, -0.2) is 60.9 Å². The van der Waals surface area contributed by atoms with Gasteiger partial charge in [0.25, 0.3) is 0 Å². The highest BCUT2D eigenvalue weighted by molar-refractivity contribution is 9.10. The van der Waals surface area contributed by atoms with Crippen LogP contribution in [0.5, 0.6) is 0 Å². The lowest BCUT2D eigenvalue weighted by Gasteiger charge is -2.51. The molecule has 0 saturated carbocycles. The van der Waals surface area contributed by atoms with Crippen molar-refractivity contribution in [2.24, 2.45) is 0 Å². The topological polar surface area (TPSA) is 83.9 Å². The minimum atomic E-state index is -1.60. The first-order valence-electron chi connectivity index (χ1n) is 9.81. The number of ketones is 1. The Balaban J connectivity index is 1.61. The molecule has 2 aromatic carbocycles. The lowest BCUT2D eigenvalue weighted by molar-refractivity contribution is -0.166. The van der Waals surface area contributed by atoms with Crippen LogP contribution < -0.4 is 0 Å². The Bertz CT molecular complexity index is 1100. The van der Waals surface area contributed by atoms with Crippen LogP contribution in [0.4, 0.5) is 0 Å². The van der Waals surface area contributed by atoms with Crippen molar-refractivity contribution < 1.29 is 24.2 Å². The number of carbonyl (C=O) groups is 3. The van der Waals surface area contributed by atoms with Gasteiger partial charge in [0.05, 0.1) is 0 Å². The highest BCUT2D eigenvalue weighted by Gasteiger charge is 2.74. The molecule has 2 saturated heterocycles. The van der Waals surface area contributed by atoms with Gasteiger partial charge in [-0.15, -0.1) is 11.8 Å². The van der Waals surface area contributed by atoms with Crippen LogP contribution in [0.3, 0.4) is 0 Å². The van der Waals surface area contributed by atoms with E-state index in [1.165, 1.54) is 22.7 Å². The number of esters is 1. The van der Waals surface area contributed by atoms with Crippen molar-refractivity contribution in [3.05, 3.63) is 60.7 Å². The van der Waals surface area contributed by atoms with Crippen LogP contribution >= 0.6 is 27.7 Å². The van der Waals surface area contributed by atoms with Gasteiger partial charge in [-0.2, -0.15) is 0 Å². The highest BCUT2D eigenvalue weighted by atomic mass is 79.9. The summed E-state index contributed by atoms with van der Waals surface area (Å²) in [5.74, 6) is -1.58. The molecule has 162 valence electrons. The summed E-state index contributed by atoms with van der Waals surface area (Å²) < 4.78 is 3.03. The van der Waals surface area contributed by atoms with Crippen LogP contribution in [0.25, 0.3) is 10.8 Å². The summed E-state index contributed by atoms with van der Waals surface area (Å²) in [4.78, 5) is 40.3. The fourth-order valence-corrected chi connectivity index (χ4v) is 6.75. The van der Waals surface area contributed by atoms with Gasteiger partial charge in [0.2, 0.25) is 5.91 Å². The molecule has 0 radical (unpaired) electrons. The van der Waals surface area contributed by atoms with Crippen molar-refractivity contribution in [2.75, 3.05) is 6.61 Å². The summed E-state index contributed by atoms with van der Waals surface area (Å²) in [7, 11) is 0. The molecule has 2 aliphatic heterocycles. The molecule has 2 fully saturated rings. The van der Waals surface area contributed by atoms with E-state index in [4.69, 9.17) is 4.74 Å². The van der Waals surface area contributed by atoms with Gasteiger partial charge in [-0.25, -0.2) is 4.79 Å². The Hall–Kier alpha value is -2.16. The van der Waals surface area contributed by atoms with E-state index in [1.54, 1.807) is 12.1 Å². The Morgan fingerprint density at radius 1 is 1.29 bits per heavy atom. The molecule has 2 aromatic rings. The van der Waals surface area contributed by atoms with Gasteiger partial charge in [0.1, 0.15) is 24.1 Å². The number of alkyl halides is 1. The molecule has 0 aliphatic carbocycles. The minimum absolute atomic E-state index is 0.0469. The maximum Gasteiger partial charge on any atom is 0.330 e. The summed E-state index contributed by atoms with van der Waals surface area (Å²) in [5.41, 5.74) is 0.320. The number of benzene rings is 2. The lowest BCUT2D eigenvalue weighted by atomic mass is 9.84. The van der Waals surface area contributed by atoms with Crippen molar-refractivity contribution in [3.8, 4) is 0 Å². The SMILES string of the molecule is C=CCOC(=O)[C@@H]1N2C(=O)[C@@](Br)([C@H](O)C(=O)c3ccc4ccccc4c3)[C@H]2SC1(C)C. The zero-order chi connectivity index (χ0) is 22.6. The first kappa shape index (κ1) is 22.0. The quantitative estimate of drug-likeness (QED) is 0.214. The smallest absolute Gasteiger partial charge is 0.330 e. The number of β-lactam (4-membered cyclic amide) rings is 1. The number of hydrogen-bond donors (Lipinski definition) is 1. The summed E-state index contributed by atoms with van der Waals surface area (Å²) in [6.07, 6.45) is -0.142. The fourth-order valence-electron chi connectivity index (χ4n) is 4.19. The highest BCUT2D eigenvalue weighted by Crippen LogP contribution is 2.59. The molecule has 1 N–H and O–H groups in total. The molecule has 2 aliphatic rings. The van der Waals surface area contributed by atoms with E-state index in [-0.39, 0.29) is 6.61 Å². The monoisotopic (exact) mass is 503 g/mol. The molecule has 31 heavy (non-hydrogen) atoms. The van der Waals surface area contributed by atoms with Crippen LogP contribution in [0.15, 0.2) is 55.1 Å². The molecule has 6 nitrogen and oxygen atoms in total. The molecule has 0 aromatic heterocycles. The number of hydrogen-bond acceptors (Lipinski definition) is 6. The number of aliphatic hydroxyl groups is 1. The summed E-state index contributed by atoms with van der Waals surface area (Å²) in [6, 6.07) is 11.9. The maximum absolute atomic E-state index is 13.2. The average molecular weight is 504 g/mol. The number of nitrogens with zero attached hydrogens (tertiary/aromatic N) is 1. The van der Waals surface area contributed by atoms with Crippen LogP contribution in [0.1, 0.15) is 24.2 Å². The number of Topliss-reactive ketones (excluding diaryl/α,β-unsaturated/α-hetero) is 1. The zero-order valence-corrected chi connectivity index (χ0v) is 19.5. The molecule has 4 rings (SSSR count). The number of fused-ring (bicyclic) bond motifs is 2. The second-order valence-corrected chi connectivity index (χ2v) is 11.3. The van der Waals surface area contributed by atoms with Gasteiger partial charge in [0.15, 0.2) is 10.1 Å². The predicted octanol–water partition coefficient (Wildman–Crippen LogP) is 3.31. The van der Waals surface area contributed by atoms with E-state index in [1.807, 2.05) is 44.2 Å². The second-order valence-electron chi connectivity index (χ2n) is 8.20. The molecule has 4 atom stereocenters. The van der Waals surface area contributed by atoms with Gasteiger partial charge in [-0.3, -0.25) is 9.59 Å². The van der Waals surface area contributed by atoms with E-state index < -0.39 is 44.3 Å². The van der Waals surface area contributed by atoms with Crippen LogP contribution in [0.2, 0.25) is 0 Å². The molecule has 0 spiro atoms. The third-order valence-electron chi connectivity index (χ3n) is 5.77. The number of thioether (sulfide) groups is 1. The molecular formula is C23H22BrNO5S. The standard InChI is InChI=1S/C23H22BrNO5S/c1-4-11-30-19(28)17-22(2,3)31-21-23(24,20(29)25(17)21)18(27)16(26)15-10-9-13-7-5-6-8-14(13)12-15/h4-10,12,17-18,21,27H,1,11H2,2-3H3/t17-,18+,21+,23-/m0/s1. The van der Waals surface area contributed by atoms with E-state index in [0.29, 0.717) is 5.56 Å². The van der Waals surface area contributed by atoms with Gasteiger partial charge in [0, 0.05) is 10.3 Å². The van der Waals surface area contributed by atoms with E-state index >= 15 is 0 Å². The first-order chi connectivity index (χ1) is 14.6. The third kappa shape index (κ3) is 3.32. The Morgan fingerprint density at radius 3 is 2.65 bits per heavy atom. The Morgan fingerprint density at radius 2 is 1.97 bits per heavy atom. The number of amides is 1. The second kappa shape index (κ2) is 7.76. The maximum atomic E-state index is 13.2. The summed E-state index contributed by atoms with van der Waals surface area (Å²) in [6.45, 7) is 7.26. The molecule has 1 amide bonds. The summed E-state index contributed by atoms with van der Waals surface area (Å²) >= 11 is 4.74. The molecule has 2 heterocycles. The number of rotatable bonds is 6. The minimum Gasteiger partial charge on any atom is -0.460 e. The normalized spacial score (nSPS) is 27.4. The van der Waals surface area contributed by atoms with Crippen molar-refractivity contribution in [2.45, 2.75) is 40.4 Å². The molecule has 0 bridgehead atoms. The largest absolute Gasteiger partial charge is 0.460 e. The van der Waals surface area contributed by atoms with Gasteiger partial charge < -0.3 is 14.7 Å². The van der Waals surface area contributed by atoms with Crippen LogP contribution in [-0.2, 0) is 14.3 Å². The number of aliphatic hydroxyl groups excluding tert-OH is 1. The van der Waals surface area contributed by atoms with Crippen LogP contribution in [0, 0.1) is 0 Å². The molecule has 0 unspecified atom stereocenters. The van der Waals surface area contributed by atoms with Crippen molar-refractivity contribution in [1.29, 1.82) is 0 Å². The zero-order valence-electron chi connectivity index (χ0n) is 17.1. The van der Waals surface area contributed by atoms with Gasteiger partial charge in [-0.05, 0) is 30.7 Å². The predicted molar refractivity (Wildman–Crippen MR) is 123 cm³/mol. The fraction of sp³-hybridized carbons (Fsp3) is 0.348. The van der Waals surface area contributed by atoms with E-state index in [0.717, 1.165) is 10.8 Å².